The predicted octanol–water partition coefficient (Wildman–Crippen LogP) is 1.24. The van der Waals surface area contributed by atoms with E-state index in [1.165, 1.54) is 6.07 Å². The van der Waals surface area contributed by atoms with Crippen LogP contribution in [0.4, 0.5) is 5.69 Å². The first-order valence-electron chi connectivity index (χ1n) is 5.69. The van der Waals surface area contributed by atoms with Gasteiger partial charge in [-0.3, -0.25) is 9.52 Å². The summed E-state index contributed by atoms with van der Waals surface area (Å²) in [7, 11) is -3.74. The van der Waals surface area contributed by atoms with Gasteiger partial charge in [0.05, 0.1) is 12.5 Å². The van der Waals surface area contributed by atoms with Gasteiger partial charge in [0.2, 0.25) is 5.56 Å². The number of nitrogens with one attached hydrogen (secondary N) is 2. The lowest BCUT2D eigenvalue weighted by Gasteiger charge is -2.08. The molecule has 0 saturated carbocycles. The number of hydrogen-bond donors (Lipinski definition) is 2. The third-order valence-electron chi connectivity index (χ3n) is 2.56. The number of pyridine rings is 1. The number of rotatable bonds is 4. The van der Waals surface area contributed by atoms with Gasteiger partial charge in [0.15, 0.2) is 0 Å². The lowest BCUT2D eigenvalue weighted by molar-refractivity contribution is 0.600. The summed E-state index contributed by atoms with van der Waals surface area (Å²) in [6.07, 6.45) is 1.40. The third kappa shape index (κ3) is 3.24. The maximum absolute atomic E-state index is 12.0. The number of aromatic nitrogens is 1. The van der Waals surface area contributed by atoms with Crippen LogP contribution in [0.1, 0.15) is 5.56 Å². The zero-order chi connectivity index (χ0) is 14.6. The molecule has 1 aromatic carbocycles. The van der Waals surface area contributed by atoms with Crippen molar-refractivity contribution in [2.24, 2.45) is 0 Å². The van der Waals surface area contributed by atoms with Crippen molar-refractivity contribution in [2.45, 2.75) is 11.3 Å². The van der Waals surface area contributed by atoms with Gasteiger partial charge in [0, 0.05) is 18.0 Å². The summed E-state index contributed by atoms with van der Waals surface area (Å²) >= 11 is 0. The Morgan fingerprint density at radius 1 is 1.15 bits per heavy atom. The largest absolute Gasteiger partial charge is 0.328 e. The molecule has 0 radical (unpaired) electrons. The number of aromatic amines is 1. The second-order valence-electron chi connectivity index (χ2n) is 4.03. The number of sulfonamides is 1. The number of anilines is 1. The molecule has 20 heavy (non-hydrogen) atoms. The van der Waals surface area contributed by atoms with Gasteiger partial charge in [0.25, 0.3) is 10.0 Å². The molecule has 2 aromatic rings. The highest BCUT2D eigenvalue weighted by molar-refractivity contribution is 7.92. The highest BCUT2D eigenvalue weighted by Crippen LogP contribution is 2.15. The molecule has 0 aliphatic heterocycles. The molecule has 1 aromatic heterocycles. The van der Waals surface area contributed by atoms with Crippen molar-refractivity contribution >= 4 is 15.7 Å². The van der Waals surface area contributed by atoms with E-state index in [0.717, 1.165) is 17.8 Å². The molecule has 0 spiro atoms. The van der Waals surface area contributed by atoms with Crippen LogP contribution in [0.15, 0.2) is 52.3 Å². The van der Waals surface area contributed by atoms with E-state index in [0.29, 0.717) is 5.69 Å². The summed E-state index contributed by atoms with van der Waals surface area (Å²) in [6, 6.07) is 10.9. The minimum Gasteiger partial charge on any atom is -0.328 e. The van der Waals surface area contributed by atoms with Crippen LogP contribution < -0.4 is 10.3 Å². The summed E-state index contributed by atoms with van der Waals surface area (Å²) in [5.41, 5.74) is 0.821. The molecule has 0 amide bonds. The van der Waals surface area contributed by atoms with Crippen molar-refractivity contribution in [2.75, 3.05) is 4.72 Å². The SMILES string of the molecule is N#CCc1ccc(NS(=O)(=O)c2ccc(=O)[nH]c2)cc1. The van der Waals surface area contributed by atoms with Gasteiger partial charge < -0.3 is 4.98 Å². The Morgan fingerprint density at radius 2 is 1.85 bits per heavy atom. The van der Waals surface area contributed by atoms with E-state index < -0.39 is 10.0 Å². The second kappa shape index (κ2) is 5.59. The Labute approximate surface area is 115 Å². The first kappa shape index (κ1) is 13.8. The van der Waals surface area contributed by atoms with Gasteiger partial charge in [-0.05, 0) is 23.8 Å². The first-order chi connectivity index (χ1) is 9.51. The van der Waals surface area contributed by atoms with E-state index in [1.807, 2.05) is 6.07 Å². The summed E-state index contributed by atoms with van der Waals surface area (Å²) in [4.78, 5) is 13.2. The zero-order valence-electron chi connectivity index (χ0n) is 10.3. The molecule has 2 N–H and O–H groups in total. The number of nitriles is 1. The van der Waals surface area contributed by atoms with Gasteiger partial charge in [-0.1, -0.05) is 12.1 Å². The summed E-state index contributed by atoms with van der Waals surface area (Å²) in [6.45, 7) is 0. The van der Waals surface area contributed by atoms with Crippen LogP contribution in [0.3, 0.4) is 0 Å². The molecule has 2 rings (SSSR count). The van der Waals surface area contributed by atoms with Gasteiger partial charge in [0.1, 0.15) is 4.90 Å². The zero-order valence-corrected chi connectivity index (χ0v) is 11.1. The smallest absolute Gasteiger partial charge is 0.263 e. The van der Waals surface area contributed by atoms with E-state index in [1.54, 1.807) is 24.3 Å². The topological polar surface area (TPSA) is 103 Å². The van der Waals surface area contributed by atoms with E-state index >= 15 is 0 Å². The van der Waals surface area contributed by atoms with Gasteiger partial charge in [-0.2, -0.15) is 5.26 Å². The highest BCUT2D eigenvalue weighted by atomic mass is 32.2. The molecule has 0 saturated heterocycles. The van der Waals surface area contributed by atoms with Crippen molar-refractivity contribution in [1.29, 1.82) is 5.26 Å². The molecule has 0 fully saturated rings. The van der Waals surface area contributed by atoms with Crippen LogP contribution in [-0.2, 0) is 16.4 Å². The van der Waals surface area contributed by atoms with Crippen molar-refractivity contribution in [3.63, 3.8) is 0 Å². The van der Waals surface area contributed by atoms with E-state index in [9.17, 15) is 13.2 Å². The van der Waals surface area contributed by atoms with Crippen LogP contribution in [-0.4, -0.2) is 13.4 Å². The van der Waals surface area contributed by atoms with Gasteiger partial charge >= 0.3 is 0 Å². The predicted molar refractivity (Wildman–Crippen MR) is 73.6 cm³/mol. The second-order valence-corrected chi connectivity index (χ2v) is 5.71. The number of H-pyrrole nitrogens is 1. The van der Waals surface area contributed by atoms with Crippen LogP contribution >= 0.6 is 0 Å². The molecule has 102 valence electrons. The Hall–Kier alpha value is -2.59. The van der Waals surface area contributed by atoms with E-state index in [-0.39, 0.29) is 16.9 Å². The van der Waals surface area contributed by atoms with Crippen LogP contribution in [0, 0.1) is 11.3 Å². The Bertz CT molecular complexity index is 781. The molecule has 0 unspecified atom stereocenters. The van der Waals surface area contributed by atoms with Crippen LogP contribution in [0.2, 0.25) is 0 Å². The fraction of sp³-hybridized carbons (Fsp3) is 0.0769. The molecule has 7 heteroatoms. The molecular weight excluding hydrogens is 278 g/mol. The lowest BCUT2D eigenvalue weighted by atomic mass is 10.1. The molecule has 0 aliphatic carbocycles. The number of hydrogen-bond acceptors (Lipinski definition) is 4. The summed E-state index contributed by atoms with van der Waals surface area (Å²) < 4.78 is 26.5. The van der Waals surface area contributed by atoms with Crippen molar-refractivity contribution in [3.05, 3.63) is 58.5 Å². The van der Waals surface area contributed by atoms with Gasteiger partial charge in [-0.25, -0.2) is 8.42 Å². The van der Waals surface area contributed by atoms with Crippen LogP contribution in [0.25, 0.3) is 0 Å². The lowest BCUT2D eigenvalue weighted by Crippen LogP contribution is -2.15. The van der Waals surface area contributed by atoms with E-state index in [4.69, 9.17) is 5.26 Å². The normalized spacial score (nSPS) is 10.8. The standard InChI is InChI=1S/C13H11N3O3S/c14-8-7-10-1-3-11(4-2-10)16-20(18,19)12-5-6-13(17)15-9-12/h1-6,9,16H,7H2,(H,15,17). The molecule has 0 bridgehead atoms. The van der Waals surface area contributed by atoms with Crippen molar-refractivity contribution in [3.8, 4) is 6.07 Å². The maximum atomic E-state index is 12.0. The maximum Gasteiger partial charge on any atom is 0.263 e. The fourth-order valence-electron chi connectivity index (χ4n) is 1.56. The quantitative estimate of drug-likeness (QED) is 0.883. The molecule has 0 atom stereocenters. The molecule has 1 heterocycles. The number of nitrogens with zero attached hydrogens (tertiary/aromatic N) is 1. The third-order valence-corrected chi connectivity index (χ3v) is 3.93. The fourth-order valence-corrected chi connectivity index (χ4v) is 2.58. The monoisotopic (exact) mass is 289 g/mol. The summed E-state index contributed by atoms with van der Waals surface area (Å²) in [5, 5.41) is 8.56. The Morgan fingerprint density at radius 3 is 2.40 bits per heavy atom. The molecular formula is C13H11N3O3S. The minimum atomic E-state index is -3.74. The molecule has 6 nitrogen and oxygen atoms in total. The minimum absolute atomic E-state index is 0.0294. The molecule has 0 aliphatic rings. The number of benzene rings is 1. The van der Waals surface area contributed by atoms with Crippen molar-refractivity contribution in [1.82, 2.24) is 4.98 Å². The van der Waals surface area contributed by atoms with Crippen LogP contribution in [0.5, 0.6) is 0 Å². The Balaban J connectivity index is 2.22. The van der Waals surface area contributed by atoms with Gasteiger partial charge in [-0.15, -0.1) is 0 Å². The average Bonchev–Trinajstić information content (AvgIpc) is 2.41. The average molecular weight is 289 g/mol. The van der Waals surface area contributed by atoms with E-state index in [2.05, 4.69) is 9.71 Å². The Kier molecular flexibility index (Phi) is 3.86. The van der Waals surface area contributed by atoms with Crippen molar-refractivity contribution < 1.29 is 8.42 Å². The summed E-state index contributed by atoms with van der Waals surface area (Å²) in [5.74, 6) is 0. The highest BCUT2D eigenvalue weighted by Gasteiger charge is 2.13. The first-order valence-corrected chi connectivity index (χ1v) is 7.17.